The maximum absolute atomic E-state index is 13.1. The molecule has 2 aromatic carbocycles. The van der Waals surface area contributed by atoms with E-state index in [1.54, 1.807) is 24.3 Å². The minimum Gasteiger partial charge on any atom is -0.477 e. The number of aromatic nitrogens is 1. The minimum absolute atomic E-state index is 0.184. The van der Waals surface area contributed by atoms with E-state index in [-0.39, 0.29) is 10.2 Å². The van der Waals surface area contributed by atoms with E-state index in [9.17, 15) is 20.0 Å². The average molecular weight is 592 g/mol. The molecule has 2 aromatic heterocycles. The zero-order valence-electron chi connectivity index (χ0n) is 23.1. The van der Waals surface area contributed by atoms with Gasteiger partial charge in [-0.15, -0.1) is 22.7 Å². The second kappa shape index (κ2) is 11.8. The number of nitriles is 1. The van der Waals surface area contributed by atoms with Crippen LogP contribution in [0.2, 0.25) is 0 Å². The number of aliphatic carboxylic acids is 1. The van der Waals surface area contributed by atoms with Gasteiger partial charge in [-0.1, -0.05) is 48.9 Å². The highest BCUT2D eigenvalue weighted by Crippen LogP contribution is 2.52. The lowest BCUT2D eigenvalue weighted by molar-refractivity contribution is -0.130. The molecule has 1 aliphatic heterocycles. The van der Waals surface area contributed by atoms with E-state index in [1.165, 1.54) is 32.8 Å². The van der Waals surface area contributed by atoms with E-state index in [4.69, 9.17) is 0 Å². The molecule has 1 saturated carbocycles. The van der Waals surface area contributed by atoms with Gasteiger partial charge < -0.3 is 10.0 Å². The Kier molecular flexibility index (Phi) is 7.79. The first-order valence-corrected chi connectivity index (χ1v) is 15.7. The van der Waals surface area contributed by atoms with E-state index in [1.807, 2.05) is 12.1 Å². The van der Waals surface area contributed by atoms with Crippen molar-refractivity contribution in [2.45, 2.75) is 44.7 Å². The van der Waals surface area contributed by atoms with Gasteiger partial charge in [0, 0.05) is 34.8 Å². The van der Waals surface area contributed by atoms with E-state index < -0.39 is 11.5 Å². The van der Waals surface area contributed by atoms with Crippen LogP contribution in [0.1, 0.15) is 53.7 Å². The van der Waals surface area contributed by atoms with Crippen LogP contribution in [0.4, 0.5) is 11.4 Å². The lowest BCUT2D eigenvalue weighted by Crippen LogP contribution is -2.32. The molecule has 0 saturated heterocycles. The molecule has 6 rings (SSSR count). The van der Waals surface area contributed by atoms with Gasteiger partial charge in [0.05, 0.1) is 4.53 Å². The molecule has 2 aliphatic rings. The number of hydrogen-bond donors (Lipinski definition) is 1. The molecule has 2 unspecified atom stereocenters. The van der Waals surface area contributed by atoms with Crippen LogP contribution in [0, 0.1) is 11.3 Å². The molecule has 1 N–H and O–H groups in total. The fourth-order valence-electron chi connectivity index (χ4n) is 6.08. The quantitative estimate of drug-likeness (QED) is 0.263. The summed E-state index contributed by atoms with van der Waals surface area (Å²) in [5.41, 5.74) is 5.03. The van der Waals surface area contributed by atoms with Gasteiger partial charge in [-0.3, -0.25) is 9.36 Å². The number of anilines is 2. The van der Waals surface area contributed by atoms with E-state index >= 15 is 0 Å². The number of thiophene rings is 1. The molecule has 1 fully saturated rings. The molecule has 210 valence electrons. The highest BCUT2D eigenvalue weighted by molar-refractivity contribution is 7.10. The highest BCUT2D eigenvalue weighted by atomic mass is 32.1. The van der Waals surface area contributed by atoms with Crippen molar-refractivity contribution < 1.29 is 9.90 Å². The van der Waals surface area contributed by atoms with Gasteiger partial charge in [-0.05, 0) is 84.3 Å². The van der Waals surface area contributed by atoms with E-state index in [0.29, 0.717) is 23.0 Å². The third-order valence-corrected chi connectivity index (χ3v) is 9.93. The number of nitrogens with zero attached hydrogens (tertiary/aromatic N) is 3. The van der Waals surface area contributed by atoms with E-state index in [2.05, 4.69) is 83.1 Å². The third-order valence-electron chi connectivity index (χ3n) is 7.96. The maximum Gasteiger partial charge on any atom is 0.349 e. The van der Waals surface area contributed by atoms with Crippen molar-refractivity contribution in [3.05, 3.63) is 113 Å². The van der Waals surface area contributed by atoms with Gasteiger partial charge in [0.2, 0.25) is 0 Å². The Bertz CT molecular complexity index is 1920. The lowest BCUT2D eigenvalue weighted by Gasteiger charge is -2.27. The van der Waals surface area contributed by atoms with Gasteiger partial charge in [0.15, 0.2) is 5.57 Å². The lowest BCUT2D eigenvalue weighted by atomic mass is 9.96. The molecule has 8 heteroatoms. The number of carboxylic acids is 1. The molecular formula is C34H29N3O3S2. The smallest absolute Gasteiger partial charge is 0.349 e. The summed E-state index contributed by atoms with van der Waals surface area (Å²) in [4.78, 5) is 28.4. The second-order valence-electron chi connectivity index (χ2n) is 10.4. The summed E-state index contributed by atoms with van der Waals surface area (Å²) >= 11 is 2.78. The van der Waals surface area contributed by atoms with Crippen molar-refractivity contribution >= 4 is 63.8 Å². The Morgan fingerprint density at radius 1 is 1.10 bits per heavy atom. The first-order valence-electron chi connectivity index (χ1n) is 14.0. The number of fused-ring (bicyclic) bond motifs is 3. The van der Waals surface area contributed by atoms with Crippen LogP contribution in [-0.2, 0) is 11.3 Å². The summed E-state index contributed by atoms with van der Waals surface area (Å²) in [6, 6.07) is 21.3. The average Bonchev–Trinajstić information content (AvgIpc) is 3.78. The predicted molar refractivity (Wildman–Crippen MR) is 172 cm³/mol. The molecule has 6 nitrogen and oxygen atoms in total. The standard InChI is InChI=1S/C34H29N3O3S2/c1-2-36-32(38)31(42-33(36)28(21-35)34(39)40)20-23-14-17-30-27(19-23)26-10-5-11-29(26)37(30)24-15-12-22(13-16-24)7-3-4-8-25-9-6-18-41-25/h3-4,6-9,12-20,26,29H,2,5,10-11H2,1H3,(H,39,40)/b7-3-,8-4+,31-20-,33-28+. The largest absolute Gasteiger partial charge is 0.477 e. The van der Waals surface area contributed by atoms with Crippen LogP contribution in [-0.4, -0.2) is 21.7 Å². The number of carbonyl (C=O) groups is 1. The van der Waals surface area contributed by atoms with Crippen LogP contribution in [0.25, 0.3) is 23.8 Å². The van der Waals surface area contributed by atoms with Gasteiger partial charge in [-0.25, -0.2) is 4.79 Å². The van der Waals surface area contributed by atoms with Gasteiger partial charge in [-0.2, -0.15) is 5.26 Å². The van der Waals surface area contributed by atoms with Crippen molar-refractivity contribution in [1.82, 2.24) is 4.57 Å². The zero-order chi connectivity index (χ0) is 29.2. The molecule has 0 radical (unpaired) electrons. The maximum atomic E-state index is 13.1. The van der Waals surface area contributed by atoms with Crippen molar-refractivity contribution in [1.29, 1.82) is 5.26 Å². The van der Waals surface area contributed by atoms with Crippen molar-refractivity contribution in [3.63, 3.8) is 0 Å². The Labute approximate surface area is 251 Å². The number of hydrogen-bond acceptors (Lipinski definition) is 6. The molecule has 1 aliphatic carbocycles. The number of benzene rings is 2. The fraction of sp³-hybridized carbons (Fsp3) is 0.206. The summed E-state index contributed by atoms with van der Waals surface area (Å²) in [6.45, 7) is 2.06. The number of rotatable bonds is 7. The van der Waals surface area contributed by atoms with Crippen LogP contribution in [0.3, 0.4) is 0 Å². The van der Waals surface area contributed by atoms with Crippen LogP contribution in [0.15, 0.2) is 76.9 Å². The highest BCUT2D eigenvalue weighted by Gasteiger charge is 2.42. The molecule has 0 spiro atoms. The topological polar surface area (TPSA) is 86.3 Å². The van der Waals surface area contributed by atoms with Crippen LogP contribution in [0.5, 0.6) is 0 Å². The zero-order valence-corrected chi connectivity index (χ0v) is 24.7. The molecule has 4 aromatic rings. The normalized spacial score (nSPS) is 19.0. The molecular weight excluding hydrogens is 563 g/mol. The molecule has 0 amide bonds. The predicted octanol–water partition coefficient (Wildman–Crippen LogP) is 6.09. The van der Waals surface area contributed by atoms with Crippen molar-refractivity contribution in [2.24, 2.45) is 0 Å². The summed E-state index contributed by atoms with van der Waals surface area (Å²) in [5.74, 6) is -0.903. The molecule has 2 atom stereocenters. The Balaban J connectivity index is 1.31. The third kappa shape index (κ3) is 5.18. The summed E-state index contributed by atoms with van der Waals surface area (Å²) < 4.78 is 1.97. The first kappa shape index (κ1) is 27.7. The van der Waals surface area contributed by atoms with E-state index in [0.717, 1.165) is 35.3 Å². The molecule has 3 heterocycles. The van der Waals surface area contributed by atoms with Crippen molar-refractivity contribution in [3.8, 4) is 6.07 Å². The number of thiazole rings is 1. The van der Waals surface area contributed by atoms with Crippen molar-refractivity contribution in [2.75, 3.05) is 4.90 Å². The Morgan fingerprint density at radius 2 is 1.88 bits per heavy atom. The summed E-state index contributed by atoms with van der Waals surface area (Å²) in [6.07, 6.45) is 13.6. The fourth-order valence-corrected chi connectivity index (χ4v) is 7.87. The molecule has 42 heavy (non-hydrogen) atoms. The van der Waals surface area contributed by atoms with Crippen LogP contribution < -0.4 is 19.7 Å². The van der Waals surface area contributed by atoms with Gasteiger partial charge >= 0.3 is 5.97 Å². The Hall–Kier alpha value is -4.45. The molecule has 0 bridgehead atoms. The van der Waals surface area contributed by atoms with Gasteiger partial charge in [0.1, 0.15) is 10.7 Å². The monoisotopic (exact) mass is 591 g/mol. The SMILES string of the molecule is CCn1c(=O)/c(=C/c2ccc3c(c2)C2CCCC2N3c2ccc(/C=C\C=C\c3cccs3)cc2)s/c1=C(\C#N)C(=O)O. The van der Waals surface area contributed by atoms with Crippen LogP contribution >= 0.6 is 22.7 Å². The second-order valence-corrected chi connectivity index (χ2v) is 12.4. The minimum atomic E-state index is -1.33. The summed E-state index contributed by atoms with van der Waals surface area (Å²) in [7, 11) is 0. The number of carboxylic acid groups (broad SMARTS) is 1. The summed E-state index contributed by atoms with van der Waals surface area (Å²) in [5, 5.41) is 20.9. The Morgan fingerprint density at radius 3 is 2.60 bits per heavy atom. The number of allylic oxidation sites excluding steroid dienone is 2. The first-order chi connectivity index (χ1) is 20.5. The van der Waals surface area contributed by atoms with Gasteiger partial charge in [0.25, 0.3) is 5.56 Å².